The SMILES string of the molecule is CCOC(=O)CC/C=C/c1ccc(C(=O)OC)cc1. The average Bonchev–Trinajstić information content (AvgIpc) is 2.44. The molecule has 19 heavy (non-hydrogen) atoms. The summed E-state index contributed by atoms with van der Waals surface area (Å²) < 4.78 is 9.44. The number of carbonyl (C=O) groups excluding carboxylic acids is 2. The Morgan fingerprint density at radius 1 is 1.21 bits per heavy atom. The monoisotopic (exact) mass is 262 g/mol. The lowest BCUT2D eigenvalue weighted by Gasteiger charge is -2.00. The van der Waals surface area contributed by atoms with Gasteiger partial charge in [0, 0.05) is 6.42 Å². The van der Waals surface area contributed by atoms with Crippen LogP contribution in [-0.2, 0) is 14.3 Å². The van der Waals surface area contributed by atoms with Gasteiger partial charge in [0.25, 0.3) is 0 Å². The molecule has 0 saturated heterocycles. The molecular formula is C15H18O4. The molecule has 0 bridgehead atoms. The van der Waals surface area contributed by atoms with Gasteiger partial charge >= 0.3 is 11.9 Å². The van der Waals surface area contributed by atoms with Crippen LogP contribution in [0.25, 0.3) is 6.08 Å². The third-order valence-electron chi connectivity index (χ3n) is 2.46. The highest BCUT2D eigenvalue weighted by Gasteiger charge is 2.03. The maximum Gasteiger partial charge on any atom is 0.337 e. The Labute approximate surface area is 113 Å². The molecule has 4 nitrogen and oxygen atoms in total. The quantitative estimate of drug-likeness (QED) is 0.740. The number of esters is 2. The highest BCUT2D eigenvalue weighted by molar-refractivity contribution is 5.89. The molecule has 1 aromatic rings. The summed E-state index contributed by atoms with van der Waals surface area (Å²) in [5.41, 5.74) is 1.49. The van der Waals surface area contributed by atoms with Crippen molar-refractivity contribution in [3.05, 3.63) is 41.5 Å². The van der Waals surface area contributed by atoms with E-state index in [0.29, 0.717) is 25.0 Å². The smallest absolute Gasteiger partial charge is 0.337 e. The lowest BCUT2D eigenvalue weighted by atomic mass is 10.1. The van der Waals surface area contributed by atoms with Gasteiger partial charge in [-0.05, 0) is 31.0 Å². The van der Waals surface area contributed by atoms with Crippen molar-refractivity contribution in [2.75, 3.05) is 13.7 Å². The zero-order valence-electron chi connectivity index (χ0n) is 11.2. The van der Waals surface area contributed by atoms with Crippen LogP contribution in [0.4, 0.5) is 0 Å². The molecule has 0 saturated carbocycles. The molecule has 0 aromatic heterocycles. The fourth-order valence-electron chi connectivity index (χ4n) is 1.50. The highest BCUT2D eigenvalue weighted by atomic mass is 16.5. The summed E-state index contributed by atoms with van der Waals surface area (Å²) in [5, 5.41) is 0. The molecule has 0 atom stereocenters. The van der Waals surface area contributed by atoms with Crippen LogP contribution < -0.4 is 0 Å². The van der Waals surface area contributed by atoms with Gasteiger partial charge < -0.3 is 9.47 Å². The molecule has 0 spiro atoms. The van der Waals surface area contributed by atoms with Gasteiger partial charge in [0.05, 0.1) is 19.3 Å². The molecule has 0 N–H and O–H groups in total. The normalized spacial score (nSPS) is 10.4. The maximum absolute atomic E-state index is 11.2. The van der Waals surface area contributed by atoms with E-state index in [1.807, 2.05) is 24.3 Å². The maximum atomic E-state index is 11.2. The van der Waals surface area contributed by atoms with Crippen LogP contribution in [0.5, 0.6) is 0 Å². The first-order chi connectivity index (χ1) is 9.17. The molecule has 0 unspecified atom stereocenters. The van der Waals surface area contributed by atoms with Crippen LogP contribution in [-0.4, -0.2) is 25.7 Å². The Morgan fingerprint density at radius 3 is 2.47 bits per heavy atom. The average molecular weight is 262 g/mol. The lowest BCUT2D eigenvalue weighted by Crippen LogP contribution is -2.02. The van der Waals surface area contributed by atoms with Crippen LogP contribution in [0.1, 0.15) is 35.7 Å². The molecule has 0 amide bonds. The van der Waals surface area contributed by atoms with Crippen LogP contribution in [0.2, 0.25) is 0 Å². The van der Waals surface area contributed by atoms with Gasteiger partial charge in [-0.3, -0.25) is 4.79 Å². The summed E-state index contributed by atoms with van der Waals surface area (Å²) in [6.45, 7) is 2.20. The first-order valence-corrected chi connectivity index (χ1v) is 6.18. The van der Waals surface area contributed by atoms with E-state index in [1.54, 1.807) is 19.1 Å². The van der Waals surface area contributed by atoms with Crippen molar-refractivity contribution in [3.8, 4) is 0 Å². The zero-order chi connectivity index (χ0) is 14.1. The standard InChI is InChI=1S/C15H18O4/c1-3-19-14(16)7-5-4-6-12-8-10-13(11-9-12)15(17)18-2/h4,6,8-11H,3,5,7H2,1-2H3/b6-4+. The topological polar surface area (TPSA) is 52.6 Å². The summed E-state index contributed by atoms with van der Waals surface area (Å²) in [7, 11) is 1.35. The number of hydrogen-bond acceptors (Lipinski definition) is 4. The minimum absolute atomic E-state index is 0.187. The molecule has 0 radical (unpaired) electrons. The van der Waals surface area contributed by atoms with E-state index >= 15 is 0 Å². The van der Waals surface area contributed by atoms with Gasteiger partial charge in [0.15, 0.2) is 0 Å². The molecular weight excluding hydrogens is 244 g/mol. The van der Waals surface area contributed by atoms with Crippen molar-refractivity contribution in [2.45, 2.75) is 19.8 Å². The second-order valence-corrected chi connectivity index (χ2v) is 3.86. The van der Waals surface area contributed by atoms with E-state index in [2.05, 4.69) is 4.74 Å². The van der Waals surface area contributed by atoms with Gasteiger partial charge in [-0.15, -0.1) is 0 Å². The Bertz CT molecular complexity index is 446. The summed E-state index contributed by atoms with van der Waals surface area (Å²) in [4.78, 5) is 22.3. The van der Waals surface area contributed by atoms with E-state index in [0.717, 1.165) is 5.56 Å². The zero-order valence-corrected chi connectivity index (χ0v) is 11.2. The van der Waals surface area contributed by atoms with Gasteiger partial charge in [0.1, 0.15) is 0 Å². The van der Waals surface area contributed by atoms with E-state index in [1.165, 1.54) is 7.11 Å². The molecule has 102 valence electrons. The number of carbonyl (C=O) groups is 2. The Balaban J connectivity index is 2.45. The highest BCUT2D eigenvalue weighted by Crippen LogP contribution is 2.08. The minimum Gasteiger partial charge on any atom is -0.466 e. The van der Waals surface area contributed by atoms with Crippen LogP contribution >= 0.6 is 0 Å². The number of benzene rings is 1. The molecule has 1 rings (SSSR count). The van der Waals surface area contributed by atoms with E-state index in [4.69, 9.17) is 4.74 Å². The van der Waals surface area contributed by atoms with Crippen molar-refractivity contribution in [1.29, 1.82) is 0 Å². The van der Waals surface area contributed by atoms with Crippen molar-refractivity contribution in [1.82, 2.24) is 0 Å². The second kappa shape index (κ2) is 8.08. The van der Waals surface area contributed by atoms with Gasteiger partial charge in [-0.2, -0.15) is 0 Å². The predicted octanol–water partition coefficient (Wildman–Crippen LogP) is 2.83. The first kappa shape index (κ1) is 15.0. The van der Waals surface area contributed by atoms with Crippen LogP contribution in [0, 0.1) is 0 Å². The summed E-state index contributed by atoms with van der Waals surface area (Å²) in [6.07, 6.45) is 4.83. The molecule has 4 heteroatoms. The molecule has 0 aliphatic carbocycles. The number of rotatable bonds is 6. The fourth-order valence-corrected chi connectivity index (χ4v) is 1.50. The Kier molecular flexibility index (Phi) is 6.36. The largest absolute Gasteiger partial charge is 0.466 e. The number of methoxy groups -OCH3 is 1. The molecule has 0 fully saturated rings. The summed E-state index contributed by atoms with van der Waals surface area (Å²) in [5.74, 6) is -0.536. The summed E-state index contributed by atoms with van der Waals surface area (Å²) >= 11 is 0. The number of ether oxygens (including phenoxy) is 2. The molecule has 0 heterocycles. The minimum atomic E-state index is -0.349. The van der Waals surface area contributed by atoms with E-state index in [-0.39, 0.29) is 11.9 Å². The predicted molar refractivity (Wildman–Crippen MR) is 72.7 cm³/mol. The molecule has 0 aliphatic rings. The van der Waals surface area contributed by atoms with Gasteiger partial charge in [0.2, 0.25) is 0 Å². The van der Waals surface area contributed by atoms with Gasteiger partial charge in [-0.1, -0.05) is 24.3 Å². The Morgan fingerprint density at radius 2 is 1.89 bits per heavy atom. The van der Waals surface area contributed by atoms with Crippen LogP contribution in [0.3, 0.4) is 0 Å². The number of allylic oxidation sites excluding steroid dienone is 1. The van der Waals surface area contributed by atoms with Crippen molar-refractivity contribution in [3.63, 3.8) is 0 Å². The lowest BCUT2D eigenvalue weighted by molar-refractivity contribution is -0.142. The van der Waals surface area contributed by atoms with Crippen molar-refractivity contribution in [2.24, 2.45) is 0 Å². The second-order valence-electron chi connectivity index (χ2n) is 3.86. The van der Waals surface area contributed by atoms with Crippen LogP contribution in [0.15, 0.2) is 30.3 Å². The molecule has 1 aromatic carbocycles. The first-order valence-electron chi connectivity index (χ1n) is 6.18. The van der Waals surface area contributed by atoms with Crippen molar-refractivity contribution < 1.29 is 19.1 Å². The fraction of sp³-hybridized carbons (Fsp3) is 0.333. The Hall–Kier alpha value is -2.10. The van der Waals surface area contributed by atoms with E-state index in [9.17, 15) is 9.59 Å². The molecule has 0 aliphatic heterocycles. The van der Waals surface area contributed by atoms with Gasteiger partial charge in [-0.25, -0.2) is 4.79 Å². The third-order valence-corrected chi connectivity index (χ3v) is 2.46. The summed E-state index contributed by atoms with van der Waals surface area (Å²) in [6, 6.07) is 7.06. The van der Waals surface area contributed by atoms with Crippen molar-refractivity contribution >= 4 is 18.0 Å². The van der Waals surface area contributed by atoms with E-state index < -0.39 is 0 Å². The third kappa shape index (κ3) is 5.38. The number of hydrogen-bond donors (Lipinski definition) is 0.